The van der Waals surface area contributed by atoms with Crippen LogP contribution in [0.1, 0.15) is 12.6 Å². The summed E-state index contributed by atoms with van der Waals surface area (Å²) in [7, 11) is 1.85. The molecule has 2 heterocycles. The van der Waals surface area contributed by atoms with Crippen molar-refractivity contribution in [3.63, 3.8) is 0 Å². The SMILES string of the molecule is CCNc1cccc(CN2CCN(C)C(=O)C2)n1. The van der Waals surface area contributed by atoms with Crippen LogP contribution in [0.3, 0.4) is 0 Å². The van der Waals surface area contributed by atoms with Gasteiger partial charge in [0.25, 0.3) is 0 Å². The van der Waals surface area contributed by atoms with Crippen molar-refractivity contribution in [1.29, 1.82) is 0 Å². The molecule has 0 atom stereocenters. The number of pyridine rings is 1. The van der Waals surface area contributed by atoms with Gasteiger partial charge in [-0.05, 0) is 19.1 Å². The second-order valence-electron chi connectivity index (χ2n) is 4.57. The van der Waals surface area contributed by atoms with Crippen molar-refractivity contribution in [2.24, 2.45) is 0 Å². The zero-order chi connectivity index (χ0) is 13.0. The number of hydrogen-bond acceptors (Lipinski definition) is 4. The number of nitrogens with one attached hydrogen (secondary N) is 1. The van der Waals surface area contributed by atoms with Crippen molar-refractivity contribution in [3.05, 3.63) is 23.9 Å². The van der Waals surface area contributed by atoms with Crippen molar-refractivity contribution in [3.8, 4) is 0 Å². The van der Waals surface area contributed by atoms with Crippen molar-refractivity contribution in [2.75, 3.05) is 38.5 Å². The van der Waals surface area contributed by atoms with E-state index in [4.69, 9.17) is 0 Å². The van der Waals surface area contributed by atoms with Crippen LogP contribution in [0.2, 0.25) is 0 Å². The Hall–Kier alpha value is -1.62. The summed E-state index contributed by atoms with van der Waals surface area (Å²) < 4.78 is 0. The number of anilines is 1. The molecule has 0 aliphatic carbocycles. The first kappa shape index (κ1) is 12.8. The molecule has 2 rings (SSSR count). The summed E-state index contributed by atoms with van der Waals surface area (Å²) in [5.74, 6) is 1.08. The highest BCUT2D eigenvalue weighted by molar-refractivity contribution is 5.78. The molecule has 0 saturated carbocycles. The summed E-state index contributed by atoms with van der Waals surface area (Å²) in [6.07, 6.45) is 0. The van der Waals surface area contributed by atoms with Crippen molar-refractivity contribution < 1.29 is 4.79 Å². The van der Waals surface area contributed by atoms with Gasteiger partial charge in [0.2, 0.25) is 5.91 Å². The number of likely N-dealkylation sites (N-methyl/N-ethyl adjacent to an activating group) is 1. The molecule has 1 saturated heterocycles. The van der Waals surface area contributed by atoms with Crippen LogP contribution in [0.15, 0.2) is 18.2 Å². The summed E-state index contributed by atoms with van der Waals surface area (Å²) in [6.45, 7) is 5.85. The summed E-state index contributed by atoms with van der Waals surface area (Å²) in [4.78, 5) is 20.1. The Balaban J connectivity index is 1.96. The van der Waals surface area contributed by atoms with Gasteiger partial charge in [-0.25, -0.2) is 4.98 Å². The molecule has 1 fully saturated rings. The van der Waals surface area contributed by atoms with Crippen LogP contribution in [0.5, 0.6) is 0 Å². The maximum absolute atomic E-state index is 11.6. The van der Waals surface area contributed by atoms with Gasteiger partial charge in [0.05, 0.1) is 12.2 Å². The number of rotatable bonds is 4. The lowest BCUT2D eigenvalue weighted by Crippen LogP contribution is -2.48. The maximum Gasteiger partial charge on any atom is 0.236 e. The van der Waals surface area contributed by atoms with Crippen LogP contribution in [-0.2, 0) is 11.3 Å². The van der Waals surface area contributed by atoms with E-state index in [-0.39, 0.29) is 5.91 Å². The molecule has 18 heavy (non-hydrogen) atoms. The van der Waals surface area contributed by atoms with Crippen LogP contribution in [-0.4, -0.2) is 53.9 Å². The lowest BCUT2D eigenvalue weighted by atomic mass is 10.2. The van der Waals surface area contributed by atoms with Gasteiger partial charge in [-0.3, -0.25) is 9.69 Å². The molecule has 5 heteroatoms. The van der Waals surface area contributed by atoms with Crippen LogP contribution < -0.4 is 5.32 Å². The third-order valence-corrected chi connectivity index (χ3v) is 3.09. The van der Waals surface area contributed by atoms with Crippen molar-refractivity contribution in [2.45, 2.75) is 13.5 Å². The molecule has 0 aromatic carbocycles. The number of nitrogens with zero attached hydrogens (tertiary/aromatic N) is 3. The van der Waals surface area contributed by atoms with Gasteiger partial charge in [0, 0.05) is 33.2 Å². The summed E-state index contributed by atoms with van der Waals surface area (Å²) in [5, 5.41) is 3.20. The van der Waals surface area contributed by atoms with Gasteiger partial charge < -0.3 is 10.2 Å². The Morgan fingerprint density at radius 2 is 2.22 bits per heavy atom. The normalized spacial score (nSPS) is 17.0. The molecule has 1 aliphatic rings. The smallest absolute Gasteiger partial charge is 0.236 e. The molecule has 0 spiro atoms. The van der Waals surface area contributed by atoms with Gasteiger partial charge >= 0.3 is 0 Å². The van der Waals surface area contributed by atoms with Gasteiger partial charge in [-0.1, -0.05) is 6.07 Å². The molecule has 1 aromatic rings. The third kappa shape index (κ3) is 3.20. The van der Waals surface area contributed by atoms with Crippen LogP contribution >= 0.6 is 0 Å². The van der Waals surface area contributed by atoms with E-state index in [1.54, 1.807) is 4.90 Å². The first-order chi connectivity index (χ1) is 8.69. The van der Waals surface area contributed by atoms with Gasteiger partial charge in [0.1, 0.15) is 5.82 Å². The zero-order valence-electron chi connectivity index (χ0n) is 11.0. The topological polar surface area (TPSA) is 48.5 Å². The number of hydrogen-bond donors (Lipinski definition) is 1. The number of piperazine rings is 1. The van der Waals surface area contributed by atoms with E-state index in [1.165, 1.54) is 0 Å². The van der Waals surface area contributed by atoms with E-state index in [2.05, 4.69) is 15.2 Å². The lowest BCUT2D eigenvalue weighted by molar-refractivity contribution is -0.134. The van der Waals surface area contributed by atoms with E-state index in [0.717, 1.165) is 37.7 Å². The monoisotopic (exact) mass is 248 g/mol. The maximum atomic E-state index is 11.6. The number of carbonyl (C=O) groups is 1. The average molecular weight is 248 g/mol. The van der Waals surface area contributed by atoms with Crippen LogP contribution in [0.25, 0.3) is 0 Å². The molecule has 5 nitrogen and oxygen atoms in total. The Bertz CT molecular complexity index is 421. The van der Waals surface area contributed by atoms with Crippen LogP contribution in [0, 0.1) is 0 Å². The molecule has 0 radical (unpaired) electrons. The number of amides is 1. The fourth-order valence-corrected chi connectivity index (χ4v) is 2.02. The Labute approximate surface area is 108 Å². The zero-order valence-corrected chi connectivity index (χ0v) is 11.0. The minimum absolute atomic E-state index is 0.184. The van der Waals surface area contributed by atoms with E-state index < -0.39 is 0 Å². The standard InChI is InChI=1S/C13H20N4O/c1-3-14-12-6-4-5-11(15-12)9-17-8-7-16(2)13(18)10-17/h4-6H,3,7-10H2,1-2H3,(H,14,15). The van der Waals surface area contributed by atoms with E-state index >= 15 is 0 Å². The molecule has 1 aliphatic heterocycles. The van der Waals surface area contributed by atoms with Gasteiger partial charge in [0.15, 0.2) is 0 Å². The molecule has 0 bridgehead atoms. The average Bonchev–Trinajstić information content (AvgIpc) is 2.35. The van der Waals surface area contributed by atoms with Crippen molar-refractivity contribution in [1.82, 2.24) is 14.8 Å². The van der Waals surface area contributed by atoms with Crippen LogP contribution in [0.4, 0.5) is 5.82 Å². The fourth-order valence-electron chi connectivity index (χ4n) is 2.02. The number of carbonyl (C=O) groups excluding carboxylic acids is 1. The first-order valence-electron chi connectivity index (χ1n) is 6.35. The highest BCUT2D eigenvalue weighted by Crippen LogP contribution is 2.09. The summed E-state index contributed by atoms with van der Waals surface area (Å²) in [5.41, 5.74) is 1.01. The van der Waals surface area contributed by atoms with E-state index in [0.29, 0.717) is 6.54 Å². The molecular weight excluding hydrogens is 228 g/mol. The van der Waals surface area contributed by atoms with Gasteiger partial charge in [-0.15, -0.1) is 0 Å². The number of aromatic nitrogens is 1. The predicted octanol–water partition coefficient (Wildman–Crippen LogP) is 0.787. The summed E-state index contributed by atoms with van der Waals surface area (Å²) >= 11 is 0. The van der Waals surface area contributed by atoms with Gasteiger partial charge in [-0.2, -0.15) is 0 Å². The quantitative estimate of drug-likeness (QED) is 0.856. The van der Waals surface area contributed by atoms with Crippen molar-refractivity contribution >= 4 is 11.7 Å². The molecule has 98 valence electrons. The van der Waals surface area contributed by atoms with E-state index in [1.807, 2.05) is 32.2 Å². The predicted molar refractivity (Wildman–Crippen MR) is 71.3 cm³/mol. The third-order valence-electron chi connectivity index (χ3n) is 3.09. The second-order valence-corrected chi connectivity index (χ2v) is 4.57. The minimum atomic E-state index is 0.184. The largest absolute Gasteiger partial charge is 0.370 e. The molecular formula is C13H20N4O. The lowest BCUT2D eigenvalue weighted by Gasteiger charge is -2.31. The molecule has 1 N–H and O–H groups in total. The highest BCUT2D eigenvalue weighted by Gasteiger charge is 2.21. The Kier molecular flexibility index (Phi) is 4.15. The Morgan fingerprint density at radius 3 is 2.94 bits per heavy atom. The van der Waals surface area contributed by atoms with E-state index in [9.17, 15) is 4.79 Å². The molecule has 0 unspecified atom stereocenters. The fraction of sp³-hybridized carbons (Fsp3) is 0.538. The highest BCUT2D eigenvalue weighted by atomic mass is 16.2. The summed E-state index contributed by atoms with van der Waals surface area (Å²) in [6, 6.07) is 5.96. The molecule has 1 amide bonds. The first-order valence-corrected chi connectivity index (χ1v) is 6.35. The second kappa shape index (κ2) is 5.82. The molecule has 1 aromatic heterocycles. The Morgan fingerprint density at radius 1 is 1.39 bits per heavy atom. The minimum Gasteiger partial charge on any atom is -0.370 e.